The molecular weight excluding hydrogens is 837 g/mol. The van der Waals surface area contributed by atoms with Crippen molar-refractivity contribution in [3.8, 4) is 35.3 Å². The van der Waals surface area contributed by atoms with Gasteiger partial charge in [0.25, 0.3) is 0 Å². The Morgan fingerprint density at radius 2 is 0.824 bits per heavy atom. The zero-order valence-corrected chi connectivity index (χ0v) is 41.5. The van der Waals surface area contributed by atoms with Crippen LogP contribution in [0.2, 0.25) is 0 Å². The van der Waals surface area contributed by atoms with Gasteiger partial charge in [-0.3, -0.25) is 0 Å². The highest BCUT2D eigenvalue weighted by atomic mass is 16.5. The van der Waals surface area contributed by atoms with Gasteiger partial charge in [-0.05, 0) is 111 Å². The molecule has 0 N–H and O–H groups in total. The van der Waals surface area contributed by atoms with Gasteiger partial charge in [-0.25, -0.2) is 9.36 Å². The molecule has 0 aliphatic carbocycles. The van der Waals surface area contributed by atoms with Crippen molar-refractivity contribution in [3.63, 3.8) is 0 Å². The molecule has 2 aromatic heterocycles. The third kappa shape index (κ3) is 17.7. The van der Waals surface area contributed by atoms with Gasteiger partial charge in [-0.2, -0.15) is 10.5 Å². The Morgan fingerprint density at radius 3 is 1.13 bits per heavy atom. The first-order valence-electron chi connectivity index (χ1n) is 25.8. The molecule has 5 rings (SSSR count). The van der Waals surface area contributed by atoms with E-state index in [1.54, 1.807) is 0 Å². The van der Waals surface area contributed by atoms with E-state index in [1.165, 1.54) is 77.0 Å². The number of aromatic nitrogens is 4. The van der Waals surface area contributed by atoms with Crippen LogP contribution in [0.25, 0.3) is 34.7 Å². The molecule has 0 spiro atoms. The Morgan fingerprint density at radius 1 is 0.485 bits per heavy atom. The maximum Gasteiger partial charge on any atom is 0.240 e. The molecule has 5 aromatic rings. The molecule has 2 heterocycles. The average Bonchev–Trinajstić information content (AvgIpc) is 3.98. The highest BCUT2D eigenvalue weighted by Crippen LogP contribution is 2.28. The number of hydrogen-bond acceptors (Lipinski definition) is 6. The van der Waals surface area contributed by atoms with E-state index in [0.717, 1.165) is 85.0 Å². The van der Waals surface area contributed by atoms with E-state index in [1.807, 2.05) is 143 Å². The summed E-state index contributed by atoms with van der Waals surface area (Å²) in [5.41, 5.74) is 6.17. The summed E-state index contributed by atoms with van der Waals surface area (Å²) >= 11 is 0. The van der Waals surface area contributed by atoms with Crippen molar-refractivity contribution in [1.82, 2.24) is 19.6 Å². The summed E-state index contributed by atoms with van der Waals surface area (Å²) in [5, 5.41) is 30.4. The first kappa shape index (κ1) is 52.6. The Bertz CT molecular complexity index is 2200. The maximum absolute atomic E-state index is 10.3. The van der Waals surface area contributed by atoms with Crippen LogP contribution in [-0.4, -0.2) is 31.8 Å². The zero-order valence-electron chi connectivity index (χ0n) is 41.5. The van der Waals surface area contributed by atoms with E-state index in [9.17, 15) is 10.5 Å². The molecule has 0 atom stereocenters. The predicted octanol–water partition coefficient (Wildman–Crippen LogP) is 16.7. The lowest BCUT2D eigenvalue weighted by Crippen LogP contribution is -2.17. The number of nitriles is 2. The number of allylic oxidation sites excluding steroid dienone is 6. The summed E-state index contributed by atoms with van der Waals surface area (Å²) in [6, 6.07) is 32.5. The van der Waals surface area contributed by atoms with Gasteiger partial charge >= 0.3 is 0 Å². The van der Waals surface area contributed by atoms with E-state index < -0.39 is 0 Å². The Balaban J connectivity index is 1.34. The van der Waals surface area contributed by atoms with Crippen molar-refractivity contribution in [2.45, 2.75) is 168 Å². The Labute approximate surface area is 408 Å². The van der Waals surface area contributed by atoms with Gasteiger partial charge in [-0.1, -0.05) is 178 Å². The number of rotatable bonds is 32. The van der Waals surface area contributed by atoms with Gasteiger partial charge in [0.05, 0.1) is 45.8 Å². The van der Waals surface area contributed by atoms with Crippen molar-refractivity contribution < 1.29 is 9.47 Å². The topological polar surface area (TPSA) is 102 Å². The molecular formula is C60H76N6O2. The Kier molecular flexibility index (Phi) is 23.8. The van der Waals surface area contributed by atoms with Crippen molar-refractivity contribution in [2.75, 3.05) is 0 Å². The highest BCUT2D eigenvalue weighted by Gasteiger charge is 2.18. The van der Waals surface area contributed by atoms with Crippen molar-refractivity contribution in [3.05, 3.63) is 144 Å². The second-order valence-electron chi connectivity index (χ2n) is 17.9. The predicted molar refractivity (Wildman–Crippen MR) is 283 cm³/mol. The van der Waals surface area contributed by atoms with Crippen LogP contribution in [0.5, 0.6) is 11.8 Å². The second-order valence-corrected chi connectivity index (χ2v) is 17.9. The molecule has 68 heavy (non-hydrogen) atoms. The lowest BCUT2D eigenvalue weighted by atomic mass is 10.0. The SMILES string of the molecule is CCCCCCC(CCCCCC)Oc1nn(-c2ccccc2)cc1/C=C/C=C(\C#N)c1ccc(/C(C#N)=C/C=C/c2cn(-c3ccccc3)nc2OC(CCCCCC)CCCCCC)cc1. The molecule has 0 unspecified atom stereocenters. The largest absolute Gasteiger partial charge is 0.473 e. The monoisotopic (exact) mass is 913 g/mol. The maximum atomic E-state index is 10.3. The quantitative estimate of drug-likeness (QED) is 0.0242. The van der Waals surface area contributed by atoms with Crippen LogP contribution in [0.15, 0.2) is 122 Å². The minimum atomic E-state index is 0.0965. The molecule has 0 aliphatic rings. The van der Waals surface area contributed by atoms with Gasteiger partial charge in [0.1, 0.15) is 12.2 Å². The van der Waals surface area contributed by atoms with Crippen molar-refractivity contribution >= 4 is 23.3 Å². The summed E-state index contributed by atoms with van der Waals surface area (Å²) < 4.78 is 17.2. The average molecular weight is 913 g/mol. The molecule has 0 radical (unpaired) electrons. The summed E-state index contributed by atoms with van der Waals surface area (Å²) in [4.78, 5) is 0. The van der Waals surface area contributed by atoms with E-state index >= 15 is 0 Å². The number of hydrogen-bond donors (Lipinski definition) is 0. The summed E-state index contributed by atoms with van der Waals surface area (Å²) in [6.45, 7) is 8.98. The van der Waals surface area contributed by atoms with Crippen molar-refractivity contribution in [2.24, 2.45) is 0 Å². The second kappa shape index (κ2) is 30.8. The fourth-order valence-corrected chi connectivity index (χ4v) is 8.34. The molecule has 0 amide bonds. The standard InChI is InChI=1S/C60H76N6O2/c1-5-9-13-23-37-57(38-24-14-10-6-2)67-59-53(47-65(63-59)55-33-19-17-20-34-55)31-27-29-51(45-61)49-41-43-50(44-42-49)52(46-62)30-28-32-54-48-66(56-35-21-18-22-36-56)64-60(54)68-58(39-25-15-11-7-3)40-26-16-12-8-4/h17-22,27-36,41-44,47-48,57-58H,5-16,23-26,37-40H2,1-4H3/b31-27+,32-28+,51-29+,52-30+. The molecule has 358 valence electrons. The van der Waals surface area contributed by atoms with E-state index in [2.05, 4.69) is 39.8 Å². The van der Waals surface area contributed by atoms with Crippen LogP contribution >= 0.6 is 0 Å². The molecule has 8 nitrogen and oxygen atoms in total. The summed E-state index contributed by atoms with van der Waals surface area (Å²) in [5.74, 6) is 1.21. The van der Waals surface area contributed by atoms with Crippen LogP contribution in [0.3, 0.4) is 0 Å². The van der Waals surface area contributed by atoms with Gasteiger partial charge in [0.2, 0.25) is 11.8 Å². The van der Waals surface area contributed by atoms with E-state index in [-0.39, 0.29) is 12.2 Å². The molecule has 3 aromatic carbocycles. The third-order valence-electron chi connectivity index (χ3n) is 12.4. The fourth-order valence-electron chi connectivity index (χ4n) is 8.34. The summed E-state index contributed by atoms with van der Waals surface area (Å²) in [7, 11) is 0. The van der Waals surface area contributed by atoms with Crippen LogP contribution < -0.4 is 9.47 Å². The molecule has 0 fully saturated rings. The fraction of sp³-hybridized carbons (Fsp3) is 0.433. The molecule has 0 aliphatic heterocycles. The molecule has 8 heteroatoms. The van der Waals surface area contributed by atoms with Crippen LogP contribution in [0.1, 0.15) is 178 Å². The first-order valence-corrected chi connectivity index (χ1v) is 25.8. The lowest BCUT2D eigenvalue weighted by Gasteiger charge is -2.18. The first-order chi connectivity index (χ1) is 33.5. The number of unbranched alkanes of at least 4 members (excludes halogenated alkanes) is 12. The lowest BCUT2D eigenvalue weighted by molar-refractivity contribution is 0.164. The normalized spacial score (nSPS) is 12.1. The molecule has 0 saturated heterocycles. The van der Waals surface area contributed by atoms with Crippen molar-refractivity contribution in [1.29, 1.82) is 10.5 Å². The van der Waals surface area contributed by atoms with Gasteiger partial charge < -0.3 is 9.47 Å². The zero-order chi connectivity index (χ0) is 48.0. The molecule has 0 saturated carbocycles. The minimum absolute atomic E-state index is 0.0965. The van der Waals surface area contributed by atoms with Gasteiger partial charge in [-0.15, -0.1) is 10.2 Å². The smallest absolute Gasteiger partial charge is 0.240 e. The Hall–Kier alpha value is -6.38. The number of ether oxygens (including phenoxy) is 2. The molecule has 0 bridgehead atoms. The third-order valence-corrected chi connectivity index (χ3v) is 12.4. The summed E-state index contributed by atoms with van der Waals surface area (Å²) in [6.07, 6.45) is 38.8. The van der Waals surface area contributed by atoms with Crippen LogP contribution in [0, 0.1) is 22.7 Å². The number of nitrogens with zero attached hydrogens (tertiary/aromatic N) is 6. The number of para-hydroxylation sites is 2. The number of benzene rings is 3. The van der Waals surface area contributed by atoms with E-state index in [4.69, 9.17) is 19.7 Å². The van der Waals surface area contributed by atoms with Gasteiger partial charge in [0.15, 0.2) is 0 Å². The highest BCUT2D eigenvalue weighted by molar-refractivity contribution is 5.82. The van der Waals surface area contributed by atoms with Gasteiger partial charge in [0, 0.05) is 12.4 Å². The van der Waals surface area contributed by atoms with E-state index in [0.29, 0.717) is 22.9 Å². The van der Waals surface area contributed by atoms with Crippen LogP contribution in [-0.2, 0) is 0 Å². The van der Waals surface area contributed by atoms with Crippen LogP contribution in [0.4, 0.5) is 0 Å². The minimum Gasteiger partial charge on any atom is -0.473 e.